The van der Waals surface area contributed by atoms with Crippen LogP contribution < -0.4 is 5.32 Å². The minimum atomic E-state index is 0.320. The van der Waals surface area contributed by atoms with Crippen molar-refractivity contribution in [3.05, 3.63) is 35.4 Å². The van der Waals surface area contributed by atoms with Gasteiger partial charge in [-0.25, -0.2) is 0 Å². The van der Waals surface area contributed by atoms with Crippen LogP contribution in [0.15, 0.2) is 24.3 Å². The van der Waals surface area contributed by atoms with Gasteiger partial charge in [0, 0.05) is 13.2 Å². The SMILES string of the molecule is CCCNCC(CCOC(C)C)c1ccccc1C. The van der Waals surface area contributed by atoms with E-state index in [-0.39, 0.29) is 0 Å². The Bertz CT molecular complexity index is 349. The number of hydrogen-bond acceptors (Lipinski definition) is 2. The van der Waals surface area contributed by atoms with Crippen molar-refractivity contribution in [2.75, 3.05) is 19.7 Å². The average Bonchev–Trinajstić information content (AvgIpc) is 2.37. The van der Waals surface area contributed by atoms with Gasteiger partial charge in [-0.15, -0.1) is 0 Å². The first-order valence-corrected chi connectivity index (χ1v) is 7.53. The minimum Gasteiger partial charge on any atom is -0.379 e. The number of aryl methyl sites for hydroxylation is 1. The molecule has 108 valence electrons. The predicted molar refractivity (Wildman–Crippen MR) is 82.8 cm³/mol. The number of rotatable bonds is 9. The van der Waals surface area contributed by atoms with Gasteiger partial charge in [0.1, 0.15) is 0 Å². The summed E-state index contributed by atoms with van der Waals surface area (Å²) in [5.41, 5.74) is 2.84. The van der Waals surface area contributed by atoms with E-state index >= 15 is 0 Å². The molecule has 2 nitrogen and oxygen atoms in total. The van der Waals surface area contributed by atoms with E-state index in [1.165, 1.54) is 17.5 Å². The van der Waals surface area contributed by atoms with Crippen molar-refractivity contribution in [1.82, 2.24) is 5.32 Å². The van der Waals surface area contributed by atoms with E-state index in [2.05, 4.69) is 57.3 Å². The van der Waals surface area contributed by atoms with Crippen LogP contribution in [0.4, 0.5) is 0 Å². The maximum absolute atomic E-state index is 5.71. The second kappa shape index (κ2) is 9.11. The Morgan fingerprint density at radius 3 is 2.58 bits per heavy atom. The van der Waals surface area contributed by atoms with E-state index in [0.29, 0.717) is 12.0 Å². The largest absolute Gasteiger partial charge is 0.379 e. The van der Waals surface area contributed by atoms with Crippen molar-refractivity contribution in [3.63, 3.8) is 0 Å². The molecule has 1 atom stereocenters. The Morgan fingerprint density at radius 2 is 1.95 bits per heavy atom. The third-order valence-corrected chi connectivity index (χ3v) is 3.36. The highest BCUT2D eigenvalue weighted by Gasteiger charge is 2.13. The summed E-state index contributed by atoms with van der Waals surface area (Å²) in [6, 6.07) is 8.70. The summed E-state index contributed by atoms with van der Waals surface area (Å²) in [7, 11) is 0. The van der Waals surface area contributed by atoms with Crippen LogP contribution in [-0.4, -0.2) is 25.8 Å². The van der Waals surface area contributed by atoms with Gasteiger partial charge in [-0.1, -0.05) is 31.2 Å². The van der Waals surface area contributed by atoms with Gasteiger partial charge in [-0.3, -0.25) is 0 Å². The van der Waals surface area contributed by atoms with Crippen LogP contribution in [0.2, 0.25) is 0 Å². The molecule has 0 fully saturated rings. The van der Waals surface area contributed by atoms with Gasteiger partial charge in [0.25, 0.3) is 0 Å². The van der Waals surface area contributed by atoms with E-state index in [0.717, 1.165) is 26.1 Å². The molecule has 2 heteroatoms. The molecule has 0 spiro atoms. The molecule has 19 heavy (non-hydrogen) atoms. The van der Waals surface area contributed by atoms with Crippen molar-refractivity contribution in [3.8, 4) is 0 Å². The summed E-state index contributed by atoms with van der Waals surface area (Å²) in [6.07, 6.45) is 2.59. The fraction of sp³-hybridized carbons (Fsp3) is 0.647. The van der Waals surface area contributed by atoms with Gasteiger partial charge in [-0.2, -0.15) is 0 Å². The third-order valence-electron chi connectivity index (χ3n) is 3.36. The molecule has 0 aliphatic heterocycles. The Kier molecular flexibility index (Phi) is 7.76. The second-order valence-electron chi connectivity index (χ2n) is 5.47. The summed E-state index contributed by atoms with van der Waals surface area (Å²) in [5, 5.41) is 3.54. The lowest BCUT2D eigenvalue weighted by atomic mass is 9.92. The van der Waals surface area contributed by atoms with E-state index in [1.807, 2.05) is 0 Å². The molecule has 1 N–H and O–H groups in total. The number of nitrogens with one attached hydrogen (secondary N) is 1. The van der Waals surface area contributed by atoms with Crippen LogP contribution in [0.3, 0.4) is 0 Å². The molecule has 0 saturated heterocycles. The summed E-state index contributed by atoms with van der Waals surface area (Å²) >= 11 is 0. The summed E-state index contributed by atoms with van der Waals surface area (Å²) in [5.74, 6) is 0.548. The zero-order valence-electron chi connectivity index (χ0n) is 12.9. The normalized spacial score (nSPS) is 12.9. The first-order valence-electron chi connectivity index (χ1n) is 7.53. The highest BCUT2D eigenvalue weighted by molar-refractivity contribution is 5.29. The topological polar surface area (TPSA) is 21.3 Å². The molecule has 0 aliphatic carbocycles. The molecule has 0 radical (unpaired) electrons. The van der Waals surface area contributed by atoms with Gasteiger partial charge < -0.3 is 10.1 Å². The smallest absolute Gasteiger partial charge is 0.0518 e. The Labute approximate surface area is 118 Å². The van der Waals surface area contributed by atoms with Crippen LogP contribution in [0.5, 0.6) is 0 Å². The first-order chi connectivity index (χ1) is 9.15. The van der Waals surface area contributed by atoms with Gasteiger partial charge in [0.05, 0.1) is 6.10 Å². The molecule has 0 heterocycles. The fourth-order valence-corrected chi connectivity index (χ4v) is 2.31. The lowest BCUT2D eigenvalue weighted by Gasteiger charge is -2.20. The highest BCUT2D eigenvalue weighted by atomic mass is 16.5. The summed E-state index contributed by atoms with van der Waals surface area (Å²) in [4.78, 5) is 0. The van der Waals surface area contributed by atoms with E-state index in [1.54, 1.807) is 0 Å². The lowest BCUT2D eigenvalue weighted by Crippen LogP contribution is -2.24. The third kappa shape index (κ3) is 6.22. The lowest BCUT2D eigenvalue weighted by molar-refractivity contribution is 0.0732. The zero-order chi connectivity index (χ0) is 14.1. The molecule has 1 rings (SSSR count). The van der Waals surface area contributed by atoms with Crippen molar-refractivity contribution >= 4 is 0 Å². The number of benzene rings is 1. The van der Waals surface area contributed by atoms with Gasteiger partial charge in [0.15, 0.2) is 0 Å². The standard InChI is InChI=1S/C17H29NO/c1-5-11-18-13-16(10-12-19-14(2)3)17-9-7-6-8-15(17)4/h6-9,14,16,18H,5,10-13H2,1-4H3. The molecule has 1 aromatic rings. The maximum Gasteiger partial charge on any atom is 0.0518 e. The van der Waals surface area contributed by atoms with E-state index < -0.39 is 0 Å². The monoisotopic (exact) mass is 263 g/mol. The molecular weight excluding hydrogens is 234 g/mol. The van der Waals surface area contributed by atoms with Crippen LogP contribution >= 0.6 is 0 Å². The Balaban J connectivity index is 2.60. The van der Waals surface area contributed by atoms with Crippen LogP contribution in [0.1, 0.15) is 50.7 Å². The van der Waals surface area contributed by atoms with Crippen molar-refractivity contribution in [1.29, 1.82) is 0 Å². The van der Waals surface area contributed by atoms with Crippen molar-refractivity contribution in [2.45, 2.75) is 52.6 Å². The van der Waals surface area contributed by atoms with Crippen LogP contribution in [0.25, 0.3) is 0 Å². The highest BCUT2D eigenvalue weighted by Crippen LogP contribution is 2.22. The van der Waals surface area contributed by atoms with Gasteiger partial charge >= 0.3 is 0 Å². The fourth-order valence-electron chi connectivity index (χ4n) is 2.31. The molecule has 1 aromatic carbocycles. The molecule has 0 amide bonds. The van der Waals surface area contributed by atoms with Gasteiger partial charge in [0.2, 0.25) is 0 Å². The quantitative estimate of drug-likeness (QED) is 0.682. The molecule has 0 aromatic heterocycles. The zero-order valence-corrected chi connectivity index (χ0v) is 12.9. The molecule has 0 saturated carbocycles. The Hall–Kier alpha value is -0.860. The average molecular weight is 263 g/mol. The molecule has 0 aliphatic rings. The van der Waals surface area contributed by atoms with Crippen molar-refractivity contribution in [2.24, 2.45) is 0 Å². The maximum atomic E-state index is 5.71. The molecule has 0 bridgehead atoms. The van der Waals surface area contributed by atoms with E-state index in [4.69, 9.17) is 4.74 Å². The van der Waals surface area contributed by atoms with E-state index in [9.17, 15) is 0 Å². The number of ether oxygens (including phenoxy) is 1. The van der Waals surface area contributed by atoms with Crippen LogP contribution in [-0.2, 0) is 4.74 Å². The number of hydrogen-bond donors (Lipinski definition) is 1. The van der Waals surface area contributed by atoms with Crippen molar-refractivity contribution < 1.29 is 4.74 Å². The predicted octanol–water partition coefficient (Wildman–Crippen LogP) is 3.89. The summed E-state index contributed by atoms with van der Waals surface area (Å²) in [6.45, 7) is 11.6. The minimum absolute atomic E-state index is 0.320. The van der Waals surface area contributed by atoms with Gasteiger partial charge in [-0.05, 0) is 57.2 Å². The van der Waals surface area contributed by atoms with Crippen LogP contribution in [0, 0.1) is 6.92 Å². The second-order valence-corrected chi connectivity index (χ2v) is 5.47. The summed E-state index contributed by atoms with van der Waals surface area (Å²) < 4.78 is 5.71. The molecular formula is C17H29NO. The first kappa shape index (κ1) is 16.2. The molecule has 1 unspecified atom stereocenters. The Morgan fingerprint density at radius 1 is 1.21 bits per heavy atom.